The van der Waals surface area contributed by atoms with E-state index in [0.717, 1.165) is 6.07 Å². The quantitative estimate of drug-likeness (QED) is 0.839. The molecule has 0 aliphatic rings. The van der Waals surface area contributed by atoms with E-state index in [0.29, 0.717) is 12.1 Å². The molecule has 0 spiro atoms. The molecule has 2 amide bonds. The summed E-state index contributed by atoms with van der Waals surface area (Å²) in [6, 6.07) is 1.87. The number of benzene rings is 1. The third-order valence-electron chi connectivity index (χ3n) is 3.47. The van der Waals surface area contributed by atoms with Gasteiger partial charge in [-0.15, -0.1) is 0 Å². The highest BCUT2D eigenvalue weighted by molar-refractivity contribution is 7.90. The number of amides is 2. The zero-order valence-corrected chi connectivity index (χ0v) is 13.9. The van der Waals surface area contributed by atoms with Gasteiger partial charge in [-0.25, -0.2) is 21.9 Å². The molecule has 0 fully saturated rings. The van der Waals surface area contributed by atoms with E-state index >= 15 is 0 Å². The summed E-state index contributed by atoms with van der Waals surface area (Å²) in [7, 11) is -4.55. The molecule has 0 heterocycles. The molecular formula is C14H18F2N2O4S. The Morgan fingerprint density at radius 1 is 1.22 bits per heavy atom. The Balaban J connectivity index is 3.17. The Morgan fingerprint density at radius 3 is 2.22 bits per heavy atom. The van der Waals surface area contributed by atoms with E-state index in [1.54, 1.807) is 18.6 Å². The number of carbonyl (C=O) groups is 2. The van der Waals surface area contributed by atoms with Crippen LogP contribution in [0.5, 0.6) is 0 Å². The number of hydrogen-bond donors (Lipinski definition) is 2. The van der Waals surface area contributed by atoms with Gasteiger partial charge in [0.05, 0.1) is 0 Å². The fourth-order valence-electron chi connectivity index (χ4n) is 1.81. The average molecular weight is 348 g/mol. The van der Waals surface area contributed by atoms with Crippen LogP contribution in [0.15, 0.2) is 23.1 Å². The molecule has 1 unspecified atom stereocenters. The largest absolute Gasteiger partial charge is 0.342 e. The van der Waals surface area contributed by atoms with Gasteiger partial charge in [0.15, 0.2) is 0 Å². The van der Waals surface area contributed by atoms with E-state index in [4.69, 9.17) is 0 Å². The van der Waals surface area contributed by atoms with Crippen molar-refractivity contribution in [3.05, 3.63) is 29.8 Å². The van der Waals surface area contributed by atoms with Gasteiger partial charge < -0.3 is 5.32 Å². The van der Waals surface area contributed by atoms with Gasteiger partial charge in [0.2, 0.25) is 5.91 Å². The summed E-state index contributed by atoms with van der Waals surface area (Å²) in [6.07, 6.45) is 0. The molecule has 0 bridgehead atoms. The average Bonchev–Trinajstić information content (AvgIpc) is 2.36. The predicted molar refractivity (Wildman–Crippen MR) is 78.7 cm³/mol. The molecule has 6 nitrogen and oxygen atoms in total. The van der Waals surface area contributed by atoms with Gasteiger partial charge >= 0.3 is 0 Å². The predicted octanol–water partition coefficient (Wildman–Crippen LogP) is 1.32. The van der Waals surface area contributed by atoms with Crippen molar-refractivity contribution >= 4 is 21.8 Å². The summed E-state index contributed by atoms with van der Waals surface area (Å²) in [4.78, 5) is 22.7. The summed E-state index contributed by atoms with van der Waals surface area (Å²) in [6.45, 7) is 5.76. The lowest BCUT2D eigenvalue weighted by Gasteiger charge is -2.32. The Bertz CT molecular complexity index is 734. The van der Waals surface area contributed by atoms with E-state index in [2.05, 4.69) is 5.32 Å². The molecule has 0 saturated heterocycles. The Labute approximate surface area is 133 Å². The van der Waals surface area contributed by atoms with Gasteiger partial charge in [0.1, 0.15) is 22.1 Å². The van der Waals surface area contributed by atoms with Gasteiger partial charge in [-0.2, -0.15) is 0 Å². The maximum atomic E-state index is 13.6. The molecule has 0 radical (unpaired) electrons. The van der Waals surface area contributed by atoms with E-state index in [9.17, 15) is 26.8 Å². The Kier molecular flexibility index (Phi) is 5.47. The van der Waals surface area contributed by atoms with Crippen LogP contribution in [0.3, 0.4) is 0 Å². The summed E-state index contributed by atoms with van der Waals surface area (Å²) in [5.41, 5.74) is -1.52. The first kappa shape index (κ1) is 19.0. The van der Waals surface area contributed by atoms with Crippen LogP contribution in [-0.4, -0.2) is 25.8 Å². The van der Waals surface area contributed by atoms with Crippen LogP contribution in [0.4, 0.5) is 8.78 Å². The third kappa shape index (κ3) is 4.25. The van der Waals surface area contributed by atoms with Crippen LogP contribution in [0, 0.1) is 17.6 Å². The van der Waals surface area contributed by atoms with Gasteiger partial charge in [-0.1, -0.05) is 13.8 Å². The minimum absolute atomic E-state index is 0.397. The first-order chi connectivity index (χ1) is 10.4. The molecule has 1 aromatic carbocycles. The summed E-state index contributed by atoms with van der Waals surface area (Å²) < 4.78 is 52.5. The van der Waals surface area contributed by atoms with Crippen molar-refractivity contribution in [3.8, 4) is 0 Å². The monoisotopic (exact) mass is 348 g/mol. The molecule has 23 heavy (non-hydrogen) atoms. The minimum atomic E-state index is -4.55. The smallest absolute Gasteiger partial charge is 0.267 e. The third-order valence-corrected chi connectivity index (χ3v) is 4.84. The van der Waals surface area contributed by atoms with Gasteiger partial charge in [-0.05, 0) is 25.0 Å². The molecule has 0 aliphatic carbocycles. The maximum absolute atomic E-state index is 13.6. The highest BCUT2D eigenvalue weighted by Crippen LogP contribution is 2.20. The fraction of sp³-hybridized carbons (Fsp3) is 0.429. The maximum Gasteiger partial charge on any atom is 0.267 e. The van der Waals surface area contributed by atoms with Crippen molar-refractivity contribution in [3.63, 3.8) is 0 Å². The van der Waals surface area contributed by atoms with Gasteiger partial charge in [-0.3, -0.25) is 9.59 Å². The van der Waals surface area contributed by atoms with Crippen LogP contribution in [0.25, 0.3) is 0 Å². The van der Waals surface area contributed by atoms with Gasteiger partial charge in [0.25, 0.3) is 15.9 Å². The fourth-order valence-corrected chi connectivity index (χ4v) is 2.93. The molecule has 0 saturated carbocycles. The molecule has 9 heteroatoms. The van der Waals surface area contributed by atoms with Crippen molar-refractivity contribution in [1.29, 1.82) is 0 Å². The number of sulfonamides is 1. The van der Waals surface area contributed by atoms with Crippen molar-refractivity contribution < 1.29 is 26.8 Å². The molecule has 0 aromatic heterocycles. The number of carbonyl (C=O) groups excluding carboxylic acids is 2. The summed E-state index contributed by atoms with van der Waals surface area (Å²) in [5.74, 6) is -4.26. The highest BCUT2D eigenvalue weighted by atomic mass is 32.2. The standard InChI is InChI=1S/C14H18F2N2O4S/c1-8(2)14(4,17-9(3)19)13(20)18-23(21,22)12-6-5-10(15)7-11(12)16/h5-8H,1-4H3,(H,17,19)(H,18,20). The lowest BCUT2D eigenvalue weighted by atomic mass is 9.87. The molecule has 2 N–H and O–H groups in total. The molecule has 0 aliphatic heterocycles. The zero-order valence-electron chi connectivity index (χ0n) is 13.1. The van der Waals surface area contributed by atoms with Crippen molar-refractivity contribution in [1.82, 2.24) is 10.0 Å². The molecule has 1 atom stereocenters. The molecule has 128 valence electrons. The number of hydrogen-bond acceptors (Lipinski definition) is 4. The lowest BCUT2D eigenvalue weighted by molar-refractivity contribution is -0.132. The zero-order chi connectivity index (χ0) is 18.0. The second-order valence-electron chi connectivity index (χ2n) is 5.55. The highest BCUT2D eigenvalue weighted by Gasteiger charge is 2.40. The second kappa shape index (κ2) is 6.61. The van der Waals surface area contributed by atoms with Crippen molar-refractivity contribution in [2.45, 2.75) is 38.1 Å². The Hall–Kier alpha value is -2.03. The minimum Gasteiger partial charge on any atom is -0.342 e. The van der Waals surface area contributed by atoms with E-state index in [1.165, 1.54) is 13.8 Å². The van der Waals surface area contributed by atoms with Crippen molar-refractivity contribution in [2.75, 3.05) is 0 Å². The number of rotatable bonds is 5. The first-order valence-corrected chi connectivity index (χ1v) is 8.19. The van der Waals surface area contributed by atoms with E-state index < -0.39 is 49.8 Å². The van der Waals surface area contributed by atoms with Crippen LogP contribution in [0.2, 0.25) is 0 Å². The van der Waals surface area contributed by atoms with E-state index in [-0.39, 0.29) is 0 Å². The number of nitrogens with one attached hydrogen (secondary N) is 2. The summed E-state index contributed by atoms with van der Waals surface area (Å²) in [5, 5.41) is 2.38. The lowest BCUT2D eigenvalue weighted by Crippen LogP contribution is -2.60. The normalized spacial score (nSPS) is 14.2. The van der Waals surface area contributed by atoms with Crippen LogP contribution in [-0.2, 0) is 19.6 Å². The number of halogens is 2. The van der Waals surface area contributed by atoms with E-state index in [1.807, 2.05) is 0 Å². The second-order valence-corrected chi connectivity index (χ2v) is 7.20. The summed E-state index contributed by atoms with van der Waals surface area (Å²) >= 11 is 0. The first-order valence-electron chi connectivity index (χ1n) is 6.71. The van der Waals surface area contributed by atoms with Crippen LogP contribution in [0.1, 0.15) is 27.7 Å². The molecule has 1 rings (SSSR count). The van der Waals surface area contributed by atoms with Crippen LogP contribution < -0.4 is 10.0 Å². The topological polar surface area (TPSA) is 92.3 Å². The molecule has 1 aromatic rings. The SMILES string of the molecule is CC(=O)NC(C)(C(=O)NS(=O)(=O)c1ccc(F)cc1F)C(C)C. The van der Waals surface area contributed by atoms with Crippen LogP contribution >= 0.6 is 0 Å². The van der Waals surface area contributed by atoms with Gasteiger partial charge in [0, 0.05) is 13.0 Å². The Morgan fingerprint density at radius 2 is 1.78 bits per heavy atom. The van der Waals surface area contributed by atoms with Crippen molar-refractivity contribution in [2.24, 2.45) is 5.92 Å². The molecular weight excluding hydrogens is 330 g/mol.